The second-order valence-corrected chi connectivity index (χ2v) is 6.70. The maximum Gasteiger partial charge on any atom is 0.338 e. The minimum Gasteiger partial charge on any atom is -0.497 e. The predicted molar refractivity (Wildman–Crippen MR) is 117 cm³/mol. The summed E-state index contributed by atoms with van der Waals surface area (Å²) < 4.78 is 27.4. The highest BCUT2D eigenvalue weighted by Gasteiger charge is 2.40. The number of nitrogens with two attached hydrogens (primary N) is 1. The topological polar surface area (TPSA) is 113 Å². The molecule has 1 aliphatic heterocycles. The molecule has 8 heteroatoms. The molecular weight excluding hydrogens is 412 g/mol. The van der Waals surface area contributed by atoms with Gasteiger partial charge in [0.2, 0.25) is 5.88 Å². The zero-order valence-electron chi connectivity index (χ0n) is 18.3. The molecule has 0 fully saturated rings. The van der Waals surface area contributed by atoms with Crippen molar-refractivity contribution in [2.75, 3.05) is 27.9 Å². The molecule has 0 saturated heterocycles. The van der Waals surface area contributed by atoms with Crippen LogP contribution in [0.1, 0.15) is 24.0 Å². The Morgan fingerprint density at radius 2 is 1.81 bits per heavy atom. The molecule has 1 unspecified atom stereocenters. The molecule has 8 nitrogen and oxygen atoms in total. The summed E-state index contributed by atoms with van der Waals surface area (Å²) in [5, 5.41) is 9.91. The van der Waals surface area contributed by atoms with Crippen molar-refractivity contribution in [2.24, 2.45) is 5.73 Å². The lowest BCUT2D eigenvalue weighted by Crippen LogP contribution is -2.26. The van der Waals surface area contributed by atoms with Gasteiger partial charge in [-0.1, -0.05) is 12.1 Å². The van der Waals surface area contributed by atoms with E-state index in [0.717, 1.165) is 0 Å². The van der Waals surface area contributed by atoms with Crippen molar-refractivity contribution < 1.29 is 28.5 Å². The van der Waals surface area contributed by atoms with Gasteiger partial charge in [0.05, 0.1) is 39.4 Å². The van der Waals surface area contributed by atoms with Crippen LogP contribution in [0.5, 0.6) is 17.2 Å². The van der Waals surface area contributed by atoms with Crippen LogP contribution in [0.2, 0.25) is 0 Å². The number of esters is 1. The van der Waals surface area contributed by atoms with Crippen LogP contribution in [0.15, 0.2) is 59.5 Å². The molecule has 0 aromatic heterocycles. The lowest BCUT2D eigenvalue weighted by atomic mass is 9.81. The number of hydrogen-bond donors (Lipinski definition) is 1. The van der Waals surface area contributed by atoms with Crippen molar-refractivity contribution >= 4 is 11.7 Å². The summed E-state index contributed by atoms with van der Waals surface area (Å²) in [5.41, 5.74) is 7.44. The molecule has 2 aromatic rings. The van der Waals surface area contributed by atoms with E-state index in [9.17, 15) is 10.1 Å². The van der Waals surface area contributed by atoms with Crippen molar-refractivity contribution in [1.82, 2.24) is 0 Å². The number of hydrogen-bond acceptors (Lipinski definition) is 8. The number of rotatable bonds is 7. The summed E-state index contributed by atoms with van der Waals surface area (Å²) in [7, 11) is 4.55. The van der Waals surface area contributed by atoms with Gasteiger partial charge in [-0.15, -0.1) is 0 Å². The number of methoxy groups -OCH3 is 3. The summed E-state index contributed by atoms with van der Waals surface area (Å²) in [6, 6.07) is 14.2. The van der Waals surface area contributed by atoms with Crippen molar-refractivity contribution in [1.29, 1.82) is 5.26 Å². The predicted octanol–water partition coefficient (Wildman–Crippen LogP) is 3.49. The van der Waals surface area contributed by atoms with Gasteiger partial charge in [-0.05, 0) is 37.3 Å². The Kier molecular flexibility index (Phi) is 6.90. The van der Waals surface area contributed by atoms with Crippen LogP contribution >= 0.6 is 0 Å². The van der Waals surface area contributed by atoms with Crippen LogP contribution in [0, 0.1) is 11.3 Å². The molecule has 0 aliphatic carbocycles. The van der Waals surface area contributed by atoms with Gasteiger partial charge in [0.1, 0.15) is 23.2 Å². The Morgan fingerprint density at radius 1 is 1.09 bits per heavy atom. The number of carbonyl (C=O) groups excluding carboxylic acids is 1. The fourth-order valence-corrected chi connectivity index (χ4v) is 3.58. The molecule has 1 aliphatic rings. The Bertz CT molecular complexity index is 1110. The van der Waals surface area contributed by atoms with Crippen LogP contribution in [0.4, 0.5) is 0 Å². The molecule has 1 atom stereocenters. The van der Waals surface area contributed by atoms with E-state index in [0.29, 0.717) is 28.4 Å². The van der Waals surface area contributed by atoms with Gasteiger partial charge in [0.25, 0.3) is 0 Å². The number of ether oxygens (including phenoxy) is 5. The average molecular weight is 436 g/mol. The maximum absolute atomic E-state index is 13.2. The third-order valence-corrected chi connectivity index (χ3v) is 5.01. The third-order valence-electron chi connectivity index (χ3n) is 5.01. The summed E-state index contributed by atoms with van der Waals surface area (Å²) in [6.45, 7) is 1.84. The van der Waals surface area contributed by atoms with Crippen molar-refractivity contribution in [3.63, 3.8) is 0 Å². The highest BCUT2D eigenvalue weighted by atomic mass is 16.5. The molecule has 3 rings (SSSR count). The highest BCUT2D eigenvalue weighted by Crippen LogP contribution is 2.47. The first kappa shape index (κ1) is 22.6. The molecule has 0 bridgehead atoms. The largest absolute Gasteiger partial charge is 0.497 e. The molecular formula is C24H24N2O6. The van der Waals surface area contributed by atoms with Crippen LogP contribution in [0.3, 0.4) is 0 Å². The molecule has 0 saturated carbocycles. The fourth-order valence-electron chi connectivity index (χ4n) is 3.58. The first-order valence-electron chi connectivity index (χ1n) is 9.84. The van der Waals surface area contributed by atoms with Gasteiger partial charge < -0.3 is 29.4 Å². The van der Waals surface area contributed by atoms with Crippen molar-refractivity contribution in [2.45, 2.75) is 12.8 Å². The number of nitrogens with zero attached hydrogens (tertiary/aromatic N) is 1. The van der Waals surface area contributed by atoms with Gasteiger partial charge in [-0.3, -0.25) is 0 Å². The number of benzene rings is 2. The van der Waals surface area contributed by atoms with Crippen LogP contribution in [-0.4, -0.2) is 33.9 Å². The Morgan fingerprint density at radius 3 is 2.38 bits per heavy atom. The number of carbonyl (C=O) groups is 1. The summed E-state index contributed by atoms with van der Waals surface area (Å²) in [4.78, 5) is 13.2. The molecule has 166 valence electrons. The number of allylic oxidation sites excluding steroid dienone is 1. The SMILES string of the molecule is CCOC(=O)C1=C(c2ccc(OC)cc2)OC(N)=C(C#N)C1c1cccc(OC)c1OC. The van der Waals surface area contributed by atoms with Crippen LogP contribution in [0.25, 0.3) is 5.76 Å². The zero-order chi connectivity index (χ0) is 23.3. The Hall–Kier alpha value is -4.12. The lowest BCUT2D eigenvalue weighted by molar-refractivity contribution is -0.138. The standard InChI is InChI=1S/C24H24N2O6/c1-5-31-24(27)20-19(16-7-6-8-18(29-3)22(16)30-4)17(13-25)23(26)32-21(20)14-9-11-15(28-2)12-10-14/h6-12,19H,5,26H2,1-4H3. The van der Waals surface area contributed by atoms with Gasteiger partial charge in [-0.25, -0.2) is 4.79 Å². The van der Waals surface area contributed by atoms with Crippen LogP contribution in [-0.2, 0) is 14.3 Å². The summed E-state index contributed by atoms with van der Waals surface area (Å²) in [5.74, 6) is 0.0112. The number of para-hydroxylation sites is 1. The second-order valence-electron chi connectivity index (χ2n) is 6.70. The molecule has 0 spiro atoms. The van der Waals surface area contributed by atoms with Gasteiger partial charge in [0, 0.05) is 11.1 Å². The Balaban J connectivity index is 2.33. The van der Waals surface area contributed by atoms with Gasteiger partial charge in [0.15, 0.2) is 11.5 Å². The van der Waals surface area contributed by atoms with E-state index in [1.54, 1.807) is 56.5 Å². The van der Waals surface area contributed by atoms with E-state index in [4.69, 9.17) is 29.4 Å². The first-order chi connectivity index (χ1) is 15.5. The van der Waals surface area contributed by atoms with Crippen molar-refractivity contribution in [3.8, 4) is 23.3 Å². The van der Waals surface area contributed by atoms with E-state index in [2.05, 4.69) is 6.07 Å². The first-order valence-corrected chi connectivity index (χ1v) is 9.84. The quantitative estimate of drug-likeness (QED) is 0.656. The molecule has 32 heavy (non-hydrogen) atoms. The second kappa shape index (κ2) is 9.79. The Labute approximate surface area is 186 Å². The monoisotopic (exact) mass is 436 g/mol. The van der Waals surface area contributed by atoms with E-state index in [1.165, 1.54) is 14.2 Å². The number of nitriles is 1. The summed E-state index contributed by atoms with van der Waals surface area (Å²) >= 11 is 0. The van der Waals surface area contributed by atoms with E-state index < -0.39 is 11.9 Å². The van der Waals surface area contributed by atoms with Gasteiger partial charge in [-0.2, -0.15) is 5.26 Å². The maximum atomic E-state index is 13.2. The highest BCUT2D eigenvalue weighted by molar-refractivity contribution is 6.00. The summed E-state index contributed by atoms with van der Waals surface area (Å²) in [6.07, 6.45) is 0. The van der Waals surface area contributed by atoms with E-state index in [-0.39, 0.29) is 29.4 Å². The van der Waals surface area contributed by atoms with E-state index in [1.807, 2.05) is 0 Å². The minimum absolute atomic E-state index is 0.0665. The molecule has 0 amide bonds. The van der Waals surface area contributed by atoms with Crippen molar-refractivity contribution in [3.05, 3.63) is 70.6 Å². The fraction of sp³-hybridized carbons (Fsp3) is 0.250. The van der Waals surface area contributed by atoms with Gasteiger partial charge >= 0.3 is 5.97 Å². The molecule has 1 heterocycles. The zero-order valence-corrected chi connectivity index (χ0v) is 18.3. The smallest absolute Gasteiger partial charge is 0.338 e. The normalized spacial score (nSPS) is 15.5. The molecule has 2 aromatic carbocycles. The van der Waals surface area contributed by atoms with E-state index >= 15 is 0 Å². The lowest BCUT2D eigenvalue weighted by Gasteiger charge is -2.29. The molecule has 2 N–H and O–H groups in total. The average Bonchev–Trinajstić information content (AvgIpc) is 2.82. The minimum atomic E-state index is -0.894. The van der Waals surface area contributed by atoms with Crippen LogP contribution < -0.4 is 19.9 Å². The molecule has 0 radical (unpaired) electrons. The third kappa shape index (κ3) is 4.05.